The highest BCUT2D eigenvalue weighted by Crippen LogP contribution is 2.38. The first kappa shape index (κ1) is 14.5. The third-order valence-electron chi connectivity index (χ3n) is 4.26. The highest BCUT2D eigenvalue weighted by molar-refractivity contribution is 5.04. The maximum Gasteiger partial charge on any atom is 0.233 e. The molecule has 1 N–H and O–H groups in total. The van der Waals surface area contributed by atoms with Crippen molar-refractivity contribution in [1.82, 2.24) is 15.5 Å². The maximum absolute atomic E-state index is 5.99. The van der Waals surface area contributed by atoms with Crippen molar-refractivity contribution in [1.29, 1.82) is 0 Å². The van der Waals surface area contributed by atoms with Crippen molar-refractivity contribution in [2.75, 3.05) is 6.54 Å². The van der Waals surface area contributed by atoms with E-state index in [1.54, 1.807) is 0 Å². The van der Waals surface area contributed by atoms with Crippen molar-refractivity contribution in [2.45, 2.75) is 77.2 Å². The van der Waals surface area contributed by atoms with Gasteiger partial charge in [-0.1, -0.05) is 40.0 Å². The molecule has 0 aromatic carbocycles. The van der Waals surface area contributed by atoms with E-state index in [-0.39, 0.29) is 11.5 Å². The Morgan fingerprint density at radius 3 is 2.58 bits per heavy atom. The van der Waals surface area contributed by atoms with Gasteiger partial charge in [0.1, 0.15) is 0 Å². The van der Waals surface area contributed by atoms with Crippen LogP contribution in [-0.2, 0) is 5.41 Å². The fraction of sp³-hybridized carbons (Fsp3) is 0.867. The molecule has 1 aliphatic rings. The topological polar surface area (TPSA) is 51.0 Å². The third-order valence-corrected chi connectivity index (χ3v) is 4.26. The van der Waals surface area contributed by atoms with E-state index >= 15 is 0 Å². The van der Waals surface area contributed by atoms with Gasteiger partial charge in [0.25, 0.3) is 0 Å². The summed E-state index contributed by atoms with van der Waals surface area (Å²) in [6, 6.07) is 0.202. The molecule has 1 fully saturated rings. The highest BCUT2D eigenvalue weighted by Gasteiger charge is 2.34. The molecular formula is C15H27N3O. The SMILES string of the molecule is CCCNC(CC)c1nnc(C2(C)CCCCC2)o1. The summed E-state index contributed by atoms with van der Waals surface area (Å²) in [7, 11) is 0. The molecule has 1 heterocycles. The second-order valence-corrected chi connectivity index (χ2v) is 5.98. The Labute approximate surface area is 116 Å². The van der Waals surface area contributed by atoms with Gasteiger partial charge in [0, 0.05) is 5.41 Å². The van der Waals surface area contributed by atoms with Crippen LogP contribution in [0.4, 0.5) is 0 Å². The van der Waals surface area contributed by atoms with E-state index in [0.717, 1.165) is 31.2 Å². The Morgan fingerprint density at radius 2 is 1.95 bits per heavy atom. The van der Waals surface area contributed by atoms with Gasteiger partial charge in [-0.3, -0.25) is 0 Å². The van der Waals surface area contributed by atoms with Crippen molar-refractivity contribution in [3.8, 4) is 0 Å². The van der Waals surface area contributed by atoms with Gasteiger partial charge >= 0.3 is 0 Å². The Hall–Kier alpha value is -0.900. The van der Waals surface area contributed by atoms with E-state index in [1.807, 2.05) is 0 Å². The molecule has 19 heavy (non-hydrogen) atoms. The lowest BCUT2D eigenvalue weighted by Crippen LogP contribution is -2.25. The van der Waals surface area contributed by atoms with Crippen LogP contribution in [0.2, 0.25) is 0 Å². The van der Waals surface area contributed by atoms with E-state index in [9.17, 15) is 0 Å². The molecule has 1 aromatic rings. The van der Waals surface area contributed by atoms with Crippen molar-refractivity contribution in [3.63, 3.8) is 0 Å². The molecule has 0 radical (unpaired) electrons. The zero-order chi connectivity index (χ0) is 13.7. The fourth-order valence-corrected chi connectivity index (χ4v) is 2.89. The summed E-state index contributed by atoms with van der Waals surface area (Å²) in [4.78, 5) is 0. The molecule has 1 aliphatic carbocycles. The smallest absolute Gasteiger partial charge is 0.233 e. The van der Waals surface area contributed by atoms with Gasteiger partial charge in [-0.2, -0.15) is 0 Å². The third kappa shape index (κ3) is 3.35. The summed E-state index contributed by atoms with van der Waals surface area (Å²) in [6.45, 7) is 7.58. The van der Waals surface area contributed by atoms with Gasteiger partial charge < -0.3 is 9.73 Å². The molecule has 108 valence electrons. The minimum Gasteiger partial charge on any atom is -0.423 e. The van der Waals surface area contributed by atoms with Crippen LogP contribution in [0, 0.1) is 0 Å². The number of nitrogens with one attached hydrogen (secondary N) is 1. The van der Waals surface area contributed by atoms with Gasteiger partial charge in [0.15, 0.2) is 0 Å². The van der Waals surface area contributed by atoms with Crippen LogP contribution in [0.15, 0.2) is 4.42 Å². The first-order valence-corrected chi connectivity index (χ1v) is 7.77. The average molecular weight is 265 g/mol. The van der Waals surface area contributed by atoms with Crippen LogP contribution >= 0.6 is 0 Å². The second-order valence-electron chi connectivity index (χ2n) is 5.98. The molecule has 0 bridgehead atoms. The van der Waals surface area contributed by atoms with E-state index < -0.39 is 0 Å². The normalized spacial score (nSPS) is 20.4. The van der Waals surface area contributed by atoms with Crippen LogP contribution < -0.4 is 5.32 Å². The zero-order valence-corrected chi connectivity index (χ0v) is 12.5. The van der Waals surface area contributed by atoms with Crippen LogP contribution in [0.25, 0.3) is 0 Å². The lowest BCUT2D eigenvalue weighted by atomic mass is 9.76. The molecule has 1 unspecified atom stereocenters. The Bertz CT molecular complexity index is 382. The molecule has 0 amide bonds. The predicted molar refractivity (Wildman–Crippen MR) is 76.1 cm³/mol. The van der Waals surface area contributed by atoms with Crippen molar-refractivity contribution < 1.29 is 4.42 Å². The predicted octanol–water partition coefficient (Wildman–Crippen LogP) is 3.74. The van der Waals surface area contributed by atoms with E-state index in [4.69, 9.17) is 4.42 Å². The Morgan fingerprint density at radius 1 is 1.21 bits per heavy atom. The van der Waals surface area contributed by atoms with Crippen LogP contribution in [0.3, 0.4) is 0 Å². The summed E-state index contributed by atoms with van der Waals surface area (Å²) in [6.07, 6.45) is 8.35. The number of hydrogen-bond acceptors (Lipinski definition) is 4. The van der Waals surface area contributed by atoms with Crippen molar-refractivity contribution in [3.05, 3.63) is 11.8 Å². The zero-order valence-electron chi connectivity index (χ0n) is 12.5. The van der Waals surface area contributed by atoms with Crippen molar-refractivity contribution >= 4 is 0 Å². The highest BCUT2D eigenvalue weighted by atomic mass is 16.4. The summed E-state index contributed by atoms with van der Waals surface area (Å²) in [5.41, 5.74) is 0.104. The first-order chi connectivity index (χ1) is 9.19. The summed E-state index contributed by atoms with van der Waals surface area (Å²) >= 11 is 0. The molecular weight excluding hydrogens is 238 g/mol. The van der Waals surface area contributed by atoms with Crippen LogP contribution in [0.1, 0.15) is 83.5 Å². The van der Waals surface area contributed by atoms with E-state index in [2.05, 4.69) is 36.3 Å². The van der Waals surface area contributed by atoms with Gasteiger partial charge in [0.2, 0.25) is 11.8 Å². The van der Waals surface area contributed by atoms with Gasteiger partial charge in [-0.25, -0.2) is 0 Å². The van der Waals surface area contributed by atoms with Crippen LogP contribution in [0.5, 0.6) is 0 Å². The lowest BCUT2D eigenvalue weighted by molar-refractivity contribution is 0.245. The van der Waals surface area contributed by atoms with Gasteiger partial charge in [-0.05, 0) is 32.2 Å². The van der Waals surface area contributed by atoms with E-state index in [0.29, 0.717) is 0 Å². The monoisotopic (exact) mass is 265 g/mol. The Balaban J connectivity index is 2.08. The molecule has 1 saturated carbocycles. The second kappa shape index (κ2) is 6.51. The number of rotatable bonds is 6. The maximum atomic E-state index is 5.99. The van der Waals surface area contributed by atoms with Gasteiger partial charge in [-0.15, -0.1) is 10.2 Å². The first-order valence-electron chi connectivity index (χ1n) is 7.77. The summed E-state index contributed by atoms with van der Waals surface area (Å²) in [5, 5.41) is 12.1. The average Bonchev–Trinajstić information content (AvgIpc) is 2.91. The number of aromatic nitrogens is 2. The molecule has 1 atom stereocenters. The lowest BCUT2D eigenvalue weighted by Gasteiger charge is -2.29. The Kier molecular flexibility index (Phi) is 4.97. The molecule has 2 rings (SSSR count). The minimum atomic E-state index is 0.104. The minimum absolute atomic E-state index is 0.104. The summed E-state index contributed by atoms with van der Waals surface area (Å²) in [5.74, 6) is 1.61. The van der Waals surface area contributed by atoms with Crippen LogP contribution in [-0.4, -0.2) is 16.7 Å². The quantitative estimate of drug-likeness (QED) is 0.851. The molecule has 0 aliphatic heterocycles. The molecule has 1 aromatic heterocycles. The van der Waals surface area contributed by atoms with Gasteiger partial charge in [0.05, 0.1) is 6.04 Å². The van der Waals surface area contributed by atoms with E-state index in [1.165, 1.54) is 32.1 Å². The largest absolute Gasteiger partial charge is 0.423 e. The fourth-order valence-electron chi connectivity index (χ4n) is 2.89. The standard InChI is InChI=1S/C15H27N3O/c1-4-11-16-12(5-2)13-17-18-14(19-13)15(3)9-7-6-8-10-15/h12,16H,4-11H2,1-3H3. The molecule has 4 nitrogen and oxygen atoms in total. The number of nitrogens with zero attached hydrogens (tertiary/aromatic N) is 2. The molecule has 4 heteroatoms. The van der Waals surface area contributed by atoms with Crippen molar-refractivity contribution in [2.24, 2.45) is 0 Å². The summed E-state index contributed by atoms with van der Waals surface area (Å²) < 4.78 is 5.99. The molecule has 0 saturated heterocycles. The molecule has 0 spiro atoms. The number of hydrogen-bond donors (Lipinski definition) is 1.